The Labute approximate surface area is 122 Å². The number of hydrogen-bond donors (Lipinski definition) is 1. The molecule has 0 aromatic heterocycles. The second-order valence-electron chi connectivity index (χ2n) is 5.98. The predicted octanol–water partition coefficient (Wildman–Crippen LogP) is 2.50. The molecule has 0 radical (unpaired) electrons. The Morgan fingerprint density at radius 2 is 1.90 bits per heavy atom. The van der Waals surface area contributed by atoms with Gasteiger partial charge in [-0.25, -0.2) is 0 Å². The molecule has 1 aromatic carbocycles. The van der Waals surface area contributed by atoms with E-state index in [2.05, 4.69) is 34.2 Å². The normalized spacial score (nSPS) is 24.3. The van der Waals surface area contributed by atoms with Gasteiger partial charge >= 0.3 is 0 Å². The molecule has 2 heteroatoms. The molecule has 1 unspecified atom stereocenters. The van der Waals surface area contributed by atoms with Crippen LogP contribution in [0.2, 0.25) is 0 Å². The summed E-state index contributed by atoms with van der Waals surface area (Å²) in [5.74, 6) is 7.47. The smallest absolute Gasteiger partial charge is 0.0605 e. The van der Waals surface area contributed by atoms with Crippen molar-refractivity contribution in [2.45, 2.75) is 31.7 Å². The Bertz CT molecular complexity index is 457. The zero-order valence-electron chi connectivity index (χ0n) is 12.1. The van der Waals surface area contributed by atoms with E-state index in [0.717, 1.165) is 24.1 Å². The van der Waals surface area contributed by atoms with E-state index in [4.69, 9.17) is 0 Å². The maximum absolute atomic E-state index is 3.66. The average Bonchev–Trinajstić information content (AvgIpc) is 3.03. The van der Waals surface area contributed by atoms with Gasteiger partial charge in [-0.15, -0.1) is 0 Å². The molecule has 2 saturated heterocycles. The highest BCUT2D eigenvalue weighted by atomic mass is 15.1. The Kier molecular flexibility index (Phi) is 4.73. The van der Waals surface area contributed by atoms with Crippen molar-refractivity contribution in [3.8, 4) is 11.8 Å². The molecule has 2 aliphatic heterocycles. The summed E-state index contributed by atoms with van der Waals surface area (Å²) in [5, 5.41) is 3.66. The number of nitrogens with zero attached hydrogens (tertiary/aromatic N) is 1. The summed E-state index contributed by atoms with van der Waals surface area (Å²) in [4.78, 5) is 2.50. The fourth-order valence-corrected chi connectivity index (χ4v) is 3.40. The van der Waals surface area contributed by atoms with E-state index in [0.29, 0.717) is 0 Å². The highest BCUT2D eigenvalue weighted by Crippen LogP contribution is 2.25. The molecule has 20 heavy (non-hydrogen) atoms. The molecule has 0 bridgehead atoms. The lowest BCUT2D eigenvalue weighted by atomic mass is 9.88. The van der Waals surface area contributed by atoms with Crippen LogP contribution in [-0.2, 0) is 0 Å². The van der Waals surface area contributed by atoms with Crippen LogP contribution in [0.15, 0.2) is 30.3 Å². The molecular formula is C18H24N2. The maximum atomic E-state index is 3.66. The first-order valence-electron chi connectivity index (χ1n) is 7.91. The summed E-state index contributed by atoms with van der Waals surface area (Å²) in [6, 6.07) is 11.1. The number of benzene rings is 1. The summed E-state index contributed by atoms with van der Waals surface area (Å²) >= 11 is 0. The SMILES string of the molecule is C(#Cc1ccccc1)CN1CCC(C2CCCN2)CC1. The van der Waals surface area contributed by atoms with Crippen molar-refractivity contribution in [3.63, 3.8) is 0 Å². The third-order valence-corrected chi connectivity index (χ3v) is 4.61. The van der Waals surface area contributed by atoms with Crippen molar-refractivity contribution in [1.82, 2.24) is 10.2 Å². The Hall–Kier alpha value is -1.30. The number of likely N-dealkylation sites (tertiary alicyclic amines) is 1. The van der Waals surface area contributed by atoms with Gasteiger partial charge in [0.2, 0.25) is 0 Å². The minimum absolute atomic E-state index is 0.799. The molecule has 106 valence electrons. The van der Waals surface area contributed by atoms with Crippen LogP contribution in [0.25, 0.3) is 0 Å². The lowest BCUT2D eigenvalue weighted by Gasteiger charge is -2.33. The van der Waals surface area contributed by atoms with Crippen molar-refractivity contribution < 1.29 is 0 Å². The fourth-order valence-electron chi connectivity index (χ4n) is 3.40. The zero-order valence-corrected chi connectivity index (χ0v) is 12.1. The summed E-state index contributed by atoms with van der Waals surface area (Å²) < 4.78 is 0. The lowest BCUT2D eigenvalue weighted by molar-refractivity contribution is 0.179. The van der Waals surface area contributed by atoms with Crippen LogP contribution >= 0.6 is 0 Å². The van der Waals surface area contributed by atoms with Crippen LogP contribution in [0.3, 0.4) is 0 Å². The molecule has 2 nitrogen and oxygen atoms in total. The highest BCUT2D eigenvalue weighted by molar-refractivity contribution is 5.33. The zero-order chi connectivity index (χ0) is 13.6. The van der Waals surface area contributed by atoms with Gasteiger partial charge in [-0.2, -0.15) is 0 Å². The standard InChI is InChI=1S/C18H24N2/c1-2-6-16(7-3-1)8-5-13-20-14-10-17(11-15-20)18-9-4-12-19-18/h1-3,6-7,17-19H,4,9-15H2. The van der Waals surface area contributed by atoms with Crippen molar-refractivity contribution in [3.05, 3.63) is 35.9 Å². The molecule has 2 fully saturated rings. The summed E-state index contributed by atoms with van der Waals surface area (Å²) in [6.45, 7) is 4.58. The molecular weight excluding hydrogens is 244 g/mol. The van der Waals surface area contributed by atoms with E-state index in [1.54, 1.807) is 0 Å². The molecule has 1 atom stereocenters. The number of piperidine rings is 1. The number of nitrogens with one attached hydrogen (secondary N) is 1. The van der Waals surface area contributed by atoms with Gasteiger partial charge in [0, 0.05) is 11.6 Å². The summed E-state index contributed by atoms with van der Waals surface area (Å²) in [5.41, 5.74) is 1.12. The predicted molar refractivity (Wildman–Crippen MR) is 83.5 cm³/mol. The molecule has 3 rings (SSSR count). The van der Waals surface area contributed by atoms with E-state index >= 15 is 0 Å². The van der Waals surface area contributed by atoms with Crippen LogP contribution in [-0.4, -0.2) is 37.1 Å². The largest absolute Gasteiger partial charge is 0.314 e. The molecule has 0 aliphatic carbocycles. The van der Waals surface area contributed by atoms with E-state index in [-0.39, 0.29) is 0 Å². The molecule has 2 heterocycles. The van der Waals surface area contributed by atoms with Gasteiger partial charge < -0.3 is 5.32 Å². The van der Waals surface area contributed by atoms with Crippen LogP contribution < -0.4 is 5.32 Å². The minimum atomic E-state index is 0.799. The van der Waals surface area contributed by atoms with E-state index in [1.807, 2.05) is 18.2 Å². The molecule has 0 saturated carbocycles. The van der Waals surface area contributed by atoms with Crippen molar-refractivity contribution in [2.24, 2.45) is 5.92 Å². The molecule has 1 N–H and O–H groups in total. The molecule has 0 spiro atoms. The van der Waals surface area contributed by atoms with Gasteiger partial charge in [0.1, 0.15) is 0 Å². The van der Waals surface area contributed by atoms with Gasteiger partial charge in [0.05, 0.1) is 6.54 Å². The second-order valence-corrected chi connectivity index (χ2v) is 5.98. The first kappa shape index (κ1) is 13.7. The Morgan fingerprint density at radius 1 is 1.10 bits per heavy atom. The fraction of sp³-hybridized carbons (Fsp3) is 0.556. The van der Waals surface area contributed by atoms with E-state index in [9.17, 15) is 0 Å². The van der Waals surface area contributed by atoms with Crippen LogP contribution in [0, 0.1) is 17.8 Å². The van der Waals surface area contributed by atoms with E-state index < -0.39 is 0 Å². The second kappa shape index (κ2) is 6.92. The van der Waals surface area contributed by atoms with Crippen molar-refractivity contribution in [2.75, 3.05) is 26.2 Å². The average molecular weight is 268 g/mol. The number of hydrogen-bond acceptors (Lipinski definition) is 2. The number of rotatable bonds is 2. The summed E-state index contributed by atoms with van der Waals surface area (Å²) in [7, 11) is 0. The van der Waals surface area contributed by atoms with Crippen molar-refractivity contribution >= 4 is 0 Å². The molecule has 0 amide bonds. The van der Waals surface area contributed by atoms with Crippen LogP contribution in [0.1, 0.15) is 31.2 Å². The first-order chi connectivity index (χ1) is 9.92. The van der Waals surface area contributed by atoms with Crippen molar-refractivity contribution in [1.29, 1.82) is 0 Å². The summed E-state index contributed by atoms with van der Waals surface area (Å²) in [6.07, 6.45) is 5.43. The van der Waals surface area contributed by atoms with Gasteiger partial charge in [-0.3, -0.25) is 4.90 Å². The monoisotopic (exact) mass is 268 g/mol. The lowest BCUT2D eigenvalue weighted by Crippen LogP contribution is -2.40. The topological polar surface area (TPSA) is 15.3 Å². The first-order valence-corrected chi connectivity index (χ1v) is 7.91. The van der Waals surface area contributed by atoms with Crippen LogP contribution in [0.4, 0.5) is 0 Å². The van der Waals surface area contributed by atoms with E-state index in [1.165, 1.54) is 45.3 Å². The van der Waals surface area contributed by atoms with Gasteiger partial charge in [0.25, 0.3) is 0 Å². The third kappa shape index (κ3) is 3.62. The van der Waals surface area contributed by atoms with Gasteiger partial charge in [-0.1, -0.05) is 30.0 Å². The quantitative estimate of drug-likeness (QED) is 0.829. The maximum Gasteiger partial charge on any atom is 0.0605 e. The van der Waals surface area contributed by atoms with Crippen LogP contribution in [0.5, 0.6) is 0 Å². The molecule has 2 aliphatic rings. The third-order valence-electron chi connectivity index (χ3n) is 4.61. The van der Waals surface area contributed by atoms with Gasteiger partial charge in [0.15, 0.2) is 0 Å². The van der Waals surface area contributed by atoms with Gasteiger partial charge in [-0.05, 0) is 63.4 Å². The molecule has 1 aromatic rings. The highest BCUT2D eigenvalue weighted by Gasteiger charge is 2.27. The Balaban J connectivity index is 1.43. The Morgan fingerprint density at radius 3 is 2.60 bits per heavy atom. The minimum Gasteiger partial charge on any atom is -0.314 e.